The molecule has 0 unspecified atom stereocenters. The summed E-state index contributed by atoms with van der Waals surface area (Å²) in [7, 11) is 1.66. The molecule has 4 aromatic rings. The van der Waals surface area contributed by atoms with Crippen LogP contribution in [0.2, 0.25) is 0 Å². The van der Waals surface area contributed by atoms with Gasteiger partial charge in [0.05, 0.1) is 13.7 Å². The van der Waals surface area contributed by atoms with Crippen LogP contribution in [0.4, 0.5) is 0 Å². The molecule has 3 nitrogen and oxygen atoms in total. The Morgan fingerprint density at radius 2 is 1.60 bits per heavy atom. The summed E-state index contributed by atoms with van der Waals surface area (Å²) >= 11 is 0. The summed E-state index contributed by atoms with van der Waals surface area (Å²) < 4.78 is 11.4. The maximum atomic E-state index is 10.7. The van der Waals surface area contributed by atoms with Crippen molar-refractivity contribution in [3.8, 4) is 5.75 Å². The number of hydrogen-bond donors (Lipinski definition) is 0. The fourth-order valence-corrected chi connectivity index (χ4v) is 3.56. The van der Waals surface area contributed by atoms with Crippen LogP contribution in [0.1, 0.15) is 24.0 Å². The lowest BCUT2D eigenvalue weighted by Crippen LogP contribution is -1.96. The highest BCUT2D eigenvalue weighted by Crippen LogP contribution is 2.30. The van der Waals surface area contributed by atoms with Crippen molar-refractivity contribution in [3.63, 3.8) is 0 Å². The van der Waals surface area contributed by atoms with Gasteiger partial charge in [0.15, 0.2) is 0 Å². The van der Waals surface area contributed by atoms with Crippen LogP contribution >= 0.6 is 0 Å². The summed E-state index contributed by atoms with van der Waals surface area (Å²) in [5, 5.41) is 4.83. The van der Waals surface area contributed by atoms with Gasteiger partial charge in [-0.25, -0.2) is 0 Å². The van der Waals surface area contributed by atoms with Crippen molar-refractivity contribution in [3.05, 3.63) is 90.0 Å². The average molecular weight is 396 g/mol. The molecule has 0 aromatic heterocycles. The second-order valence-corrected chi connectivity index (χ2v) is 7.16. The predicted octanol–water partition coefficient (Wildman–Crippen LogP) is 6.50. The normalized spacial score (nSPS) is 11.6. The minimum absolute atomic E-state index is 0.494. The molecule has 0 radical (unpaired) electrons. The number of carbonyl (C=O) groups is 1. The molecule has 0 fully saturated rings. The molecule has 4 rings (SSSR count). The first-order valence-electron chi connectivity index (χ1n) is 10.1. The molecule has 0 aliphatic heterocycles. The molecule has 0 atom stereocenters. The predicted molar refractivity (Wildman–Crippen MR) is 124 cm³/mol. The highest BCUT2D eigenvalue weighted by atomic mass is 16.5. The van der Waals surface area contributed by atoms with Gasteiger partial charge in [0, 0.05) is 12.0 Å². The molecule has 0 heterocycles. The average Bonchev–Trinajstić information content (AvgIpc) is 2.81. The Balaban J connectivity index is 1.76. The van der Waals surface area contributed by atoms with Gasteiger partial charge in [0.25, 0.3) is 0 Å². The van der Waals surface area contributed by atoms with Crippen molar-refractivity contribution in [1.82, 2.24) is 0 Å². The highest BCUT2D eigenvalue weighted by molar-refractivity contribution is 6.08. The summed E-state index contributed by atoms with van der Waals surface area (Å²) in [6.45, 7) is 0.494. The summed E-state index contributed by atoms with van der Waals surface area (Å²) in [5.74, 6) is 1.61. The van der Waals surface area contributed by atoms with Crippen LogP contribution in [0.15, 0.2) is 78.9 Å². The van der Waals surface area contributed by atoms with Crippen LogP contribution in [-0.2, 0) is 9.53 Å². The first kappa shape index (κ1) is 19.7. The zero-order valence-corrected chi connectivity index (χ0v) is 17.0. The topological polar surface area (TPSA) is 35.5 Å². The molecular formula is C27H24O3. The molecule has 0 saturated carbocycles. The molecule has 0 aliphatic rings. The molecule has 0 N–H and O–H groups in total. The molecule has 0 saturated heterocycles. The van der Waals surface area contributed by atoms with Gasteiger partial charge in [-0.15, -0.1) is 0 Å². The van der Waals surface area contributed by atoms with E-state index in [4.69, 9.17) is 9.47 Å². The Bertz CT molecular complexity index is 1190. The van der Waals surface area contributed by atoms with Gasteiger partial charge in [0.1, 0.15) is 17.8 Å². The fraction of sp³-hybridized carbons (Fsp3) is 0.148. The highest BCUT2D eigenvalue weighted by Gasteiger charge is 2.08. The number of ether oxygens (including phenoxy) is 2. The number of hydrogen-bond acceptors (Lipinski definition) is 3. The van der Waals surface area contributed by atoms with E-state index < -0.39 is 0 Å². The molecule has 150 valence electrons. The van der Waals surface area contributed by atoms with Crippen LogP contribution in [0, 0.1) is 0 Å². The molecule has 0 amide bonds. The zero-order valence-electron chi connectivity index (χ0n) is 17.0. The van der Waals surface area contributed by atoms with Crippen molar-refractivity contribution in [2.45, 2.75) is 12.8 Å². The molecule has 0 bridgehead atoms. The van der Waals surface area contributed by atoms with E-state index in [0.717, 1.165) is 28.9 Å². The lowest BCUT2D eigenvalue weighted by atomic mass is 9.99. The summed E-state index contributed by atoms with van der Waals surface area (Å²) in [5.41, 5.74) is 2.04. The molecular weight excluding hydrogens is 372 g/mol. The molecule has 0 spiro atoms. The van der Waals surface area contributed by atoms with Crippen molar-refractivity contribution >= 4 is 39.7 Å². The van der Waals surface area contributed by atoms with Crippen molar-refractivity contribution in [1.29, 1.82) is 0 Å². The van der Waals surface area contributed by atoms with E-state index in [1.54, 1.807) is 7.11 Å². The third-order valence-corrected chi connectivity index (χ3v) is 5.17. The number of rotatable bonds is 8. The van der Waals surface area contributed by atoms with Crippen LogP contribution in [-0.4, -0.2) is 20.0 Å². The molecule has 3 heteroatoms. The van der Waals surface area contributed by atoms with Gasteiger partial charge >= 0.3 is 0 Å². The Morgan fingerprint density at radius 3 is 2.37 bits per heavy atom. The number of fused-ring (bicyclic) bond motifs is 3. The SMILES string of the molecule is COc1ccc(/C=C(\OCCCC=O)c2ccc3ccc4ccccc4c3c2)cc1. The number of carbonyl (C=O) groups excluding carboxylic acids is 1. The third-order valence-electron chi connectivity index (χ3n) is 5.17. The van der Waals surface area contributed by atoms with E-state index in [9.17, 15) is 4.79 Å². The van der Waals surface area contributed by atoms with Crippen molar-refractivity contribution in [2.75, 3.05) is 13.7 Å². The van der Waals surface area contributed by atoms with E-state index in [2.05, 4.69) is 54.6 Å². The van der Waals surface area contributed by atoms with E-state index >= 15 is 0 Å². The lowest BCUT2D eigenvalue weighted by molar-refractivity contribution is -0.108. The largest absolute Gasteiger partial charge is 0.497 e. The van der Waals surface area contributed by atoms with Crippen LogP contribution in [0.25, 0.3) is 33.4 Å². The van der Waals surface area contributed by atoms with Gasteiger partial charge in [-0.3, -0.25) is 0 Å². The van der Waals surface area contributed by atoms with E-state index in [-0.39, 0.29) is 0 Å². The van der Waals surface area contributed by atoms with Gasteiger partial charge in [-0.1, -0.05) is 60.7 Å². The Kier molecular flexibility index (Phi) is 6.09. The smallest absolute Gasteiger partial charge is 0.127 e. The van der Waals surface area contributed by atoms with Gasteiger partial charge in [-0.05, 0) is 57.8 Å². The first-order valence-corrected chi connectivity index (χ1v) is 10.1. The first-order chi connectivity index (χ1) is 14.8. The van der Waals surface area contributed by atoms with Crippen molar-refractivity contribution in [2.24, 2.45) is 0 Å². The number of unbranched alkanes of at least 4 members (excludes halogenated alkanes) is 1. The molecule has 0 aliphatic carbocycles. The Morgan fingerprint density at radius 1 is 0.867 bits per heavy atom. The number of benzene rings is 4. The fourth-order valence-electron chi connectivity index (χ4n) is 3.56. The van der Waals surface area contributed by atoms with Crippen molar-refractivity contribution < 1.29 is 14.3 Å². The maximum absolute atomic E-state index is 10.7. The van der Waals surface area contributed by atoms with Gasteiger partial charge < -0.3 is 14.3 Å². The summed E-state index contributed by atoms with van der Waals surface area (Å²) in [4.78, 5) is 10.7. The minimum atomic E-state index is 0.494. The standard InChI is InChI=1S/C27H24O3/c1-29-24-14-8-20(9-15-24)18-27(30-17-5-4-16-28)23-13-12-22-11-10-21-6-2-3-7-25(21)26(22)19-23/h2-3,6-16,18-19H,4-5,17H2,1H3/b27-18-. The van der Waals surface area contributed by atoms with E-state index in [0.29, 0.717) is 19.4 Å². The second-order valence-electron chi connectivity index (χ2n) is 7.16. The van der Waals surface area contributed by atoms with Crippen LogP contribution in [0.5, 0.6) is 5.75 Å². The Labute approximate surface area is 176 Å². The van der Waals surface area contributed by atoms with E-state index in [1.807, 2.05) is 30.3 Å². The lowest BCUT2D eigenvalue weighted by Gasteiger charge is -2.13. The number of methoxy groups -OCH3 is 1. The molecule has 4 aromatic carbocycles. The maximum Gasteiger partial charge on any atom is 0.127 e. The van der Waals surface area contributed by atoms with Crippen LogP contribution < -0.4 is 4.74 Å². The van der Waals surface area contributed by atoms with Gasteiger partial charge in [-0.2, -0.15) is 0 Å². The van der Waals surface area contributed by atoms with Gasteiger partial charge in [0.2, 0.25) is 0 Å². The van der Waals surface area contributed by atoms with E-state index in [1.165, 1.54) is 21.5 Å². The molecule has 30 heavy (non-hydrogen) atoms. The summed E-state index contributed by atoms with van der Waals surface area (Å²) in [6.07, 6.45) is 4.16. The monoisotopic (exact) mass is 396 g/mol. The second kappa shape index (κ2) is 9.27. The quantitative estimate of drug-likeness (QED) is 0.112. The van der Waals surface area contributed by atoms with Crippen LogP contribution in [0.3, 0.4) is 0 Å². The third kappa shape index (κ3) is 4.36. The number of aldehydes is 1. The zero-order chi connectivity index (χ0) is 20.8. The Hall–Kier alpha value is -3.59. The minimum Gasteiger partial charge on any atom is -0.497 e. The summed E-state index contributed by atoms with van der Waals surface area (Å²) in [6, 6.07) is 27.0.